The molecular weight excluding hydrogens is 428 g/mol. The van der Waals surface area contributed by atoms with Gasteiger partial charge in [-0.2, -0.15) is 0 Å². The predicted octanol–water partition coefficient (Wildman–Crippen LogP) is 6.45. The Morgan fingerprint density at radius 2 is 1.77 bits per heavy atom. The Morgan fingerprint density at radius 1 is 1.08 bits per heavy atom. The number of rotatable bonds is 3. The summed E-state index contributed by atoms with van der Waals surface area (Å²) in [7, 11) is 0. The van der Waals surface area contributed by atoms with Crippen LogP contribution >= 0.6 is 39.0 Å². The third-order valence-electron chi connectivity index (χ3n) is 5.51. The summed E-state index contributed by atoms with van der Waals surface area (Å²) in [6, 6.07) is 2.82. The van der Waals surface area contributed by atoms with Gasteiger partial charge in [-0.15, -0.1) is 11.3 Å². The summed E-state index contributed by atoms with van der Waals surface area (Å²) in [5.41, 5.74) is 0. The number of hydrogen-bond acceptors (Lipinski definition) is 4. The average Bonchev–Trinajstić information content (AvgIpc) is 3.20. The van der Waals surface area contributed by atoms with Crippen molar-refractivity contribution >= 4 is 56.2 Å². The van der Waals surface area contributed by atoms with Crippen LogP contribution in [-0.4, -0.2) is 28.1 Å². The van der Waals surface area contributed by atoms with E-state index in [-0.39, 0.29) is 5.91 Å². The number of thiophene rings is 1. The van der Waals surface area contributed by atoms with Crippen molar-refractivity contribution in [1.82, 2.24) is 4.90 Å². The first-order valence-electron chi connectivity index (χ1n) is 9.75. The minimum Gasteiger partial charge on any atom is -0.284 e. The molecular formula is C20H25BrN2OS2. The van der Waals surface area contributed by atoms with Crippen molar-refractivity contribution in [2.24, 2.45) is 4.99 Å². The molecule has 1 saturated heterocycles. The van der Waals surface area contributed by atoms with Crippen LogP contribution in [0.5, 0.6) is 0 Å². The molecule has 140 valence electrons. The second kappa shape index (κ2) is 8.61. The van der Waals surface area contributed by atoms with Crippen molar-refractivity contribution in [3.05, 3.63) is 25.7 Å². The Morgan fingerprint density at radius 3 is 2.42 bits per heavy atom. The van der Waals surface area contributed by atoms with Crippen LogP contribution in [0.2, 0.25) is 0 Å². The topological polar surface area (TPSA) is 32.7 Å². The molecule has 1 aromatic rings. The van der Waals surface area contributed by atoms with E-state index in [9.17, 15) is 4.79 Å². The van der Waals surface area contributed by atoms with E-state index >= 15 is 0 Å². The molecule has 3 aliphatic rings. The number of aliphatic imine (C=N–C) groups is 1. The van der Waals surface area contributed by atoms with Crippen molar-refractivity contribution in [2.45, 2.75) is 76.3 Å². The number of amidine groups is 1. The van der Waals surface area contributed by atoms with Crippen molar-refractivity contribution in [2.75, 3.05) is 0 Å². The van der Waals surface area contributed by atoms with Gasteiger partial charge in [0, 0.05) is 20.8 Å². The summed E-state index contributed by atoms with van der Waals surface area (Å²) in [5, 5.41) is 3.03. The number of amides is 1. The maximum atomic E-state index is 13.2. The van der Waals surface area contributed by atoms with Crippen LogP contribution in [0.15, 0.2) is 25.8 Å². The lowest BCUT2D eigenvalue weighted by Crippen LogP contribution is -2.41. The van der Waals surface area contributed by atoms with E-state index in [2.05, 4.69) is 27.4 Å². The fourth-order valence-electron chi connectivity index (χ4n) is 4.14. The Labute approximate surface area is 172 Å². The van der Waals surface area contributed by atoms with E-state index in [0.717, 1.165) is 32.3 Å². The minimum absolute atomic E-state index is 0.168. The van der Waals surface area contributed by atoms with Crippen molar-refractivity contribution in [3.8, 4) is 0 Å². The maximum absolute atomic E-state index is 13.2. The molecule has 2 saturated carbocycles. The predicted molar refractivity (Wildman–Crippen MR) is 116 cm³/mol. The van der Waals surface area contributed by atoms with Crippen LogP contribution in [0.3, 0.4) is 0 Å². The molecule has 1 aliphatic heterocycles. The Bertz CT molecular complexity index is 715. The zero-order chi connectivity index (χ0) is 17.9. The van der Waals surface area contributed by atoms with Gasteiger partial charge in [0.25, 0.3) is 5.91 Å². The largest absolute Gasteiger partial charge is 0.284 e. The van der Waals surface area contributed by atoms with Crippen LogP contribution in [0.1, 0.15) is 69.1 Å². The molecule has 6 heteroatoms. The van der Waals surface area contributed by atoms with Crippen molar-refractivity contribution < 1.29 is 4.79 Å². The van der Waals surface area contributed by atoms with E-state index in [4.69, 9.17) is 4.99 Å². The number of thioether (sulfide) groups is 1. The number of carbonyl (C=O) groups excluding carboxylic acids is 1. The molecule has 26 heavy (non-hydrogen) atoms. The fraction of sp³-hybridized carbons (Fsp3) is 0.600. The lowest BCUT2D eigenvalue weighted by Gasteiger charge is -2.31. The van der Waals surface area contributed by atoms with Crippen LogP contribution in [0.4, 0.5) is 0 Å². The molecule has 2 aliphatic carbocycles. The standard InChI is InChI=1S/C20H25BrN2OS2/c21-14-11-17(25-13-14)12-18-19(24)23(16-9-5-2-6-10-16)20(26-18)22-15-7-3-1-4-8-15/h11-13,15-16H,1-10H2. The van der Waals surface area contributed by atoms with E-state index in [1.54, 1.807) is 23.1 Å². The summed E-state index contributed by atoms with van der Waals surface area (Å²) < 4.78 is 1.07. The number of carbonyl (C=O) groups is 1. The van der Waals surface area contributed by atoms with Gasteiger partial charge in [0.05, 0.1) is 10.9 Å². The highest BCUT2D eigenvalue weighted by Crippen LogP contribution is 2.39. The second-order valence-electron chi connectivity index (χ2n) is 7.45. The third kappa shape index (κ3) is 4.28. The van der Waals surface area contributed by atoms with Gasteiger partial charge in [0.2, 0.25) is 0 Å². The molecule has 4 rings (SSSR count). The summed E-state index contributed by atoms with van der Waals surface area (Å²) >= 11 is 6.77. The highest BCUT2D eigenvalue weighted by atomic mass is 79.9. The Kier molecular flexibility index (Phi) is 6.21. The van der Waals surface area contributed by atoms with E-state index in [1.165, 1.54) is 51.4 Å². The molecule has 3 fully saturated rings. The monoisotopic (exact) mass is 452 g/mol. The normalized spacial score (nSPS) is 26.3. The Hall–Kier alpha value is -0.590. The zero-order valence-electron chi connectivity index (χ0n) is 15.0. The molecule has 0 bridgehead atoms. The van der Waals surface area contributed by atoms with Crippen LogP contribution < -0.4 is 0 Å². The minimum atomic E-state index is 0.168. The highest BCUT2D eigenvalue weighted by Gasteiger charge is 2.39. The molecule has 0 atom stereocenters. The number of nitrogens with zero attached hydrogens (tertiary/aromatic N) is 2. The molecule has 0 N–H and O–H groups in total. The lowest BCUT2D eigenvalue weighted by molar-refractivity contribution is -0.124. The first kappa shape index (κ1) is 18.8. The molecule has 3 nitrogen and oxygen atoms in total. The van der Waals surface area contributed by atoms with Gasteiger partial charge in [-0.3, -0.25) is 14.7 Å². The number of halogens is 1. The molecule has 2 heterocycles. The summed E-state index contributed by atoms with van der Waals surface area (Å²) in [5.74, 6) is 0.168. The second-order valence-corrected chi connectivity index (χ2v) is 10.3. The smallest absolute Gasteiger partial charge is 0.267 e. The van der Waals surface area contributed by atoms with Gasteiger partial charge in [-0.25, -0.2) is 0 Å². The van der Waals surface area contributed by atoms with Crippen molar-refractivity contribution in [3.63, 3.8) is 0 Å². The Balaban J connectivity index is 1.61. The van der Waals surface area contributed by atoms with E-state index in [1.807, 2.05) is 11.0 Å². The quantitative estimate of drug-likeness (QED) is 0.493. The van der Waals surface area contributed by atoms with E-state index < -0.39 is 0 Å². The molecule has 1 amide bonds. The van der Waals surface area contributed by atoms with Gasteiger partial charge >= 0.3 is 0 Å². The number of hydrogen-bond donors (Lipinski definition) is 0. The lowest BCUT2D eigenvalue weighted by atomic mass is 9.94. The van der Waals surface area contributed by atoms with Crippen LogP contribution in [0, 0.1) is 0 Å². The van der Waals surface area contributed by atoms with Crippen molar-refractivity contribution in [1.29, 1.82) is 0 Å². The van der Waals surface area contributed by atoms with Gasteiger partial charge in [0.1, 0.15) is 0 Å². The van der Waals surface area contributed by atoms with Gasteiger partial charge in [0.15, 0.2) is 5.17 Å². The third-order valence-corrected chi connectivity index (χ3v) is 8.14. The molecule has 0 spiro atoms. The molecule has 1 aromatic heterocycles. The summed E-state index contributed by atoms with van der Waals surface area (Å²) in [6.07, 6.45) is 14.3. The first-order valence-corrected chi connectivity index (χ1v) is 12.2. The van der Waals surface area contributed by atoms with Gasteiger partial charge in [-0.1, -0.05) is 38.5 Å². The van der Waals surface area contributed by atoms with Crippen LogP contribution in [0.25, 0.3) is 6.08 Å². The van der Waals surface area contributed by atoms with E-state index in [0.29, 0.717) is 12.1 Å². The average molecular weight is 453 g/mol. The highest BCUT2D eigenvalue weighted by molar-refractivity contribution is 9.10. The molecule has 0 unspecified atom stereocenters. The molecule has 0 aromatic carbocycles. The van der Waals surface area contributed by atoms with Gasteiger partial charge in [-0.05, 0) is 65.5 Å². The fourth-order valence-corrected chi connectivity index (χ4v) is 6.69. The maximum Gasteiger partial charge on any atom is 0.267 e. The van der Waals surface area contributed by atoms with Gasteiger partial charge < -0.3 is 0 Å². The zero-order valence-corrected chi connectivity index (χ0v) is 18.2. The molecule has 0 radical (unpaired) electrons. The first-order chi connectivity index (χ1) is 12.7. The van der Waals surface area contributed by atoms with Crippen LogP contribution in [-0.2, 0) is 4.79 Å². The SMILES string of the molecule is O=C1C(=Cc2cc(Br)cs2)SC(=NC2CCCCC2)N1C1CCCCC1. The summed E-state index contributed by atoms with van der Waals surface area (Å²) in [4.78, 5) is 22.3. The summed E-state index contributed by atoms with van der Waals surface area (Å²) in [6.45, 7) is 0.